The van der Waals surface area contributed by atoms with Gasteiger partial charge in [0, 0.05) is 11.9 Å². The van der Waals surface area contributed by atoms with E-state index in [1.54, 1.807) is 0 Å². The molecule has 0 bridgehead atoms. The highest BCUT2D eigenvalue weighted by molar-refractivity contribution is 5.33. The molecule has 2 aromatic rings. The van der Waals surface area contributed by atoms with Gasteiger partial charge in [-0.2, -0.15) is 5.10 Å². The molecule has 1 aromatic carbocycles. The van der Waals surface area contributed by atoms with Crippen molar-refractivity contribution in [1.29, 1.82) is 0 Å². The monoisotopic (exact) mass is 271 g/mol. The molecule has 1 aromatic heterocycles. The van der Waals surface area contributed by atoms with Crippen LogP contribution in [0.4, 0.5) is 0 Å². The Balaban J connectivity index is 2.27. The molecule has 3 heteroatoms. The molecular weight excluding hydrogens is 246 g/mol. The summed E-state index contributed by atoms with van der Waals surface area (Å²) in [6.07, 6.45) is 3.01. The lowest BCUT2D eigenvalue weighted by molar-refractivity contribution is 0.432. The second-order valence-corrected chi connectivity index (χ2v) is 5.52. The maximum atomic E-state index is 4.42. The molecule has 2 rings (SSSR count). The molecule has 0 saturated heterocycles. The average Bonchev–Trinajstić information content (AvgIpc) is 2.83. The van der Waals surface area contributed by atoms with Crippen LogP contribution in [-0.2, 0) is 6.54 Å². The van der Waals surface area contributed by atoms with Gasteiger partial charge in [-0.1, -0.05) is 30.7 Å². The minimum atomic E-state index is 0.313. The molecule has 3 nitrogen and oxygen atoms in total. The number of hydrogen-bond acceptors (Lipinski definition) is 2. The van der Waals surface area contributed by atoms with Crippen LogP contribution < -0.4 is 5.32 Å². The third-order valence-electron chi connectivity index (χ3n) is 3.74. The third kappa shape index (κ3) is 3.48. The van der Waals surface area contributed by atoms with Gasteiger partial charge in [0.25, 0.3) is 0 Å². The summed E-state index contributed by atoms with van der Waals surface area (Å²) in [5.74, 6) is 0. The molecule has 0 saturated carbocycles. The van der Waals surface area contributed by atoms with Crippen molar-refractivity contribution in [2.75, 3.05) is 6.54 Å². The molecule has 0 radical (unpaired) electrons. The Morgan fingerprint density at radius 1 is 1.20 bits per heavy atom. The fourth-order valence-electron chi connectivity index (χ4n) is 2.49. The fraction of sp³-hybridized carbons (Fsp3) is 0.471. The summed E-state index contributed by atoms with van der Waals surface area (Å²) in [7, 11) is 0. The Morgan fingerprint density at radius 3 is 2.65 bits per heavy atom. The van der Waals surface area contributed by atoms with Crippen molar-refractivity contribution in [3.8, 4) is 0 Å². The van der Waals surface area contributed by atoms with E-state index in [0.717, 1.165) is 19.5 Å². The van der Waals surface area contributed by atoms with Crippen LogP contribution in [0.5, 0.6) is 0 Å². The van der Waals surface area contributed by atoms with Gasteiger partial charge in [0.05, 0.1) is 12.6 Å². The standard InChI is InChI=1S/C17H25N3/c1-5-9-18-17(12-20-15(4)8-10-19-20)16-11-13(2)6-7-14(16)3/h6-8,10-11,17-18H,5,9,12H2,1-4H3. The molecule has 1 heterocycles. The molecule has 0 spiro atoms. The Kier molecular flexibility index (Phi) is 4.96. The summed E-state index contributed by atoms with van der Waals surface area (Å²) >= 11 is 0. The first-order chi connectivity index (χ1) is 9.61. The molecule has 0 fully saturated rings. The Morgan fingerprint density at radius 2 is 2.00 bits per heavy atom. The van der Waals surface area contributed by atoms with Crippen LogP contribution >= 0.6 is 0 Å². The van der Waals surface area contributed by atoms with Crippen LogP contribution in [0.15, 0.2) is 30.5 Å². The lowest BCUT2D eigenvalue weighted by atomic mass is 9.98. The van der Waals surface area contributed by atoms with Gasteiger partial charge < -0.3 is 5.32 Å². The Hall–Kier alpha value is -1.61. The number of rotatable bonds is 6. The van der Waals surface area contributed by atoms with Crippen molar-refractivity contribution in [2.24, 2.45) is 0 Å². The van der Waals surface area contributed by atoms with Gasteiger partial charge in [0.15, 0.2) is 0 Å². The zero-order valence-corrected chi connectivity index (χ0v) is 13.0. The number of nitrogens with zero attached hydrogens (tertiary/aromatic N) is 2. The second kappa shape index (κ2) is 6.71. The SMILES string of the molecule is CCCNC(Cn1nccc1C)c1cc(C)ccc1C. The Bertz CT molecular complexity index is 557. The van der Waals surface area contributed by atoms with Crippen molar-refractivity contribution in [3.63, 3.8) is 0 Å². The van der Waals surface area contributed by atoms with E-state index in [0.29, 0.717) is 6.04 Å². The van der Waals surface area contributed by atoms with E-state index >= 15 is 0 Å². The molecule has 0 aliphatic rings. The highest BCUT2D eigenvalue weighted by Gasteiger charge is 2.15. The van der Waals surface area contributed by atoms with E-state index in [-0.39, 0.29) is 0 Å². The highest BCUT2D eigenvalue weighted by atomic mass is 15.3. The van der Waals surface area contributed by atoms with Gasteiger partial charge in [-0.3, -0.25) is 4.68 Å². The van der Waals surface area contributed by atoms with Gasteiger partial charge in [0.2, 0.25) is 0 Å². The number of hydrogen-bond donors (Lipinski definition) is 1. The number of aryl methyl sites for hydroxylation is 3. The number of aromatic nitrogens is 2. The molecular formula is C17H25N3. The van der Waals surface area contributed by atoms with Gasteiger partial charge >= 0.3 is 0 Å². The topological polar surface area (TPSA) is 29.9 Å². The predicted molar refractivity (Wildman–Crippen MR) is 83.9 cm³/mol. The molecule has 1 atom stereocenters. The maximum absolute atomic E-state index is 4.42. The zero-order valence-electron chi connectivity index (χ0n) is 13.0. The minimum absolute atomic E-state index is 0.313. The summed E-state index contributed by atoms with van der Waals surface area (Å²) in [6.45, 7) is 10.5. The van der Waals surface area contributed by atoms with Crippen LogP contribution in [0.2, 0.25) is 0 Å². The van der Waals surface area contributed by atoms with E-state index in [1.165, 1.54) is 22.4 Å². The highest BCUT2D eigenvalue weighted by Crippen LogP contribution is 2.21. The molecule has 0 amide bonds. The maximum Gasteiger partial charge on any atom is 0.0607 e. The summed E-state index contributed by atoms with van der Waals surface area (Å²) in [4.78, 5) is 0. The largest absolute Gasteiger partial charge is 0.308 e. The Labute approximate surface area is 122 Å². The lowest BCUT2D eigenvalue weighted by Gasteiger charge is -2.22. The number of benzene rings is 1. The molecule has 1 N–H and O–H groups in total. The molecule has 108 valence electrons. The fourth-order valence-corrected chi connectivity index (χ4v) is 2.49. The summed E-state index contributed by atoms with van der Waals surface area (Å²) in [5.41, 5.74) is 5.24. The first kappa shape index (κ1) is 14.8. The quantitative estimate of drug-likeness (QED) is 0.870. The van der Waals surface area contributed by atoms with E-state index in [4.69, 9.17) is 0 Å². The minimum Gasteiger partial charge on any atom is -0.308 e. The zero-order chi connectivity index (χ0) is 14.5. The summed E-state index contributed by atoms with van der Waals surface area (Å²) in [5, 5.41) is 8.08. The van der Waals surface area contributed by atoms with Crippen LogP contribution in [0.1, 0.15) is 41.8 Å². The van der Waals surface area contributed by atoms with Crippen LogP contribution in [0.3, 0.4) is 0 Å². The van der Waals surface area contributed by atoms with Gasteiger partial charge in [-0.05, 0) is 50.9 Å². The molecule has 0 aliphatic heterocycles. The predicted octanol–water partition coefficient (Wildman–Crippen LogP) is 3.55. The lowest BCUT2D eigenvalue weighted by Crippen LogP contribution is -2.27. The van der Waals surface area contributed by atoms with Crippen molar-refractivity contribution in [1.82, 2.24) is 15.1 Å². The first-order valence-corrected chi connectivity index (χ1v) is 7.40. The normalized spacial score (nSPS) is 12.6. The van der Waals surface area contributed by atoms with Crippen LogP contribution in [0, 0.1) is 20.8 Å². The van der Waals surface area contributed by atoms with Crippen molar-refractivity contribution < 1.29 is 0 Å². The van der Waals surface area contributed by atoms with Gasteiger partial charge in [-0.25, -0.2) is 0 Å². The van der Waals surface area contributed by atoms with E-state index in [9.17, 15) is 0 Å². The summed E-state index contributed by atoms with van der Waals surface area (Å²) < 4.78 is 2.08. The van der Waals surface area contributed by atoms with Crippen molar-refractivity contribution in [2.45, 2.75) is 46.7 Å². The molecule has 1 unspecified atom stereocenters. The van der Waals surface area contributed by atoms with E-state index in [2.05, 4.69) is 67.1 Å². The van der Waals surface area contributed by atoms with Crippen LogP contribution in [0.25, 0.3) is 0 Å². The first-order valence-electron chi connectivity index (χ1n) is 7.40. The molecule has 0 aliphatic carbocycles. The number of nitrogens with one attached hydrogen (secondary N) is 1. The average molecular weight is 271 g/mol. The van der Waals surface area contributed by atoms with Gasteiger partial charge in [0.1, 0.15) is 0 Å². The van der Waals surface area contributed by atoms with Crippen LogP contribution in [-0.4, -0.2) is 16.3 Å². The third-order valence-corrected chi connectivity index (χ3v) is 3.74. The van der Waals surface area contributed by atoms with Crippen molar-refractivity contribution >= 4 is 0 Å². The van der Waals surface area contributed by atoms with E-state index < -0.39 is 0 Å². The van der Waals surface area contributed by atoms with E-state index in [1.807, 2.05) is 6.20 Å². The van der Waals surface area contributed by atoms with Gasteiger partial charge in [-0.15, -0.1) is 0 Å². The molecule has 20 heavy (non-hydrogen) atoms. The van der Waals surface area contributed by atoms with Crippen molar-refractivity contribution in [3.05, 3.63) is 52.8 Å². The smallest absolute Gasteiger partial charge is 0.0607 e. The second-order valence-electron chi connectivity index (χ2n) is 5.52. The summed E-state index contributed by atoms with van der Waals surface area (Å²) in [6, 6.07) is 9.05.